The van der Waals surface area contributed by atoms with Crippen molar-refractivity contribution in [2.24, 2.45) is 0 Å². The average molecular weight is 210 g/mol. The van der Waals surface area contributed by atoms with Crippen molar-refractivity contribution >= 4 is 5.91 Å². The first-order valence-electron chi connectivity index (χ1n) is 4.48. The van der Waals surface area contributed by atoms with Gasteiger partial charge in [0.2, 0.25) is 5.91 Å². The highest BCUT2D eigenvalue weighted by Gasteiger charge is 2.45. The van der Waals surface area contributed by atoms with Crippen molar-refractivity contribution in [2.45, 2.75) is 38.5 Å². The molecule has 82 valence electrons. The fraction of sp³-hybridized carbons (Fsp3) is 0.875. The monoisotopic (exact) mass is 210 g/mol. The molecule has 0 radical (unpaired) electrons. The predicted octanol–water partition coefficient (Wildman–Crippen LogP) is 1.11. The molecule has 0 aliphatic carbocycles. The van der Waals surface area contributed by atoms with Crippen molar-refractivity contribution in [3.05, 3.63) is 0 Å². The van der Waals surface area contributed by atoms with E-state index in [1.807, 2.05) is 0 Å². The first-order valence-corrected chi connectivity index (χ1v) is 4.48. The van der Waals surface area contributed by atoms with Crippen LogP contribution in [0.3, 0.4) is 0 Å². The molecule has 1 fully saturated rings. The molecular formula is C8H13F3N2O. The van der Waals surface area contributed by atoms with Gasteiger partial charge in [0.1, 0.15) is 6.04 Å². The normalized spacial score (nSPS) is 25.6. The summed E-state index contributed by atoms with van der Waals surface area (Å²) in [7, 11) is 0. The summed E-state index contributed by atoms with van der Waals surface area (Å²) < 4.78 is 36.9. The third-order valence-corrected chi connectivity index (χ3v) is 2.44. The molecule has 1 saturated heterocycles. The van der Waals surface area contributed by atoms with E-state index >= 15 is 0 Å². The summed E-state index contributed by atoms with van der Waals surface area (Å²) in [6.07, 6.45) is -3.83. The lowest BCUT2D eigenvalue weighted by molar-refractivity contribution is -0.182. The van der Waals surface area contributed by atoms with Crippen LogP contribution in [0.25, 0.3) is 0 Å². The third-order valence-electron chi connectivity index (χ3n) is 2.44. The third kappa shape index (κ3) is 2.00. The Balaban J connectivity index is 2.68. The van der Waals surface area contributed by atoms with Crippen LogP contribution in [0, 0.1) is 0 Å². The summed E-state index contributed by atoms with van der Waals surface area (Å²) in [5.41, 5.74) is 0. The summed E-state index contributed by atoms with van der Waals surface area (Å²) in [6.45, 7) is 2.74. The molecule has 2 atom stereocenters. The van der Waals surface area contributed by atoms with E-state index in [4.69, 9.17) is 0 Å². The van der Waals surface area contributed by atoms with Crippen molar-refractivity contribution in [3.63, 3.8) is 0 Å². The van der Waals surface area contributed by atoms with Crippen LogP contribution in [0.2, 0.25) is 0 Å². The minimum absolute atomic E-state index is 0.0159. The number of rotatable bonds is 2. The van der Waals surface area contributed by atoms with Crippen molar-refractivity contribution in [3.8, 4) is 0 Å². The van der Waals surface area contributed by atoms with Gasteiger partial charge in [0.05, 0.1) is 12.7 Å². The topological polar surface area (TPSA) is 32.3 Å². The van der Waals surface area contributed by atoms with E-state index in [9.17, 15) is 18.0 Å². The Morgan fingerprint density at radius 2 is 2.21 bits per heavy atom. The second kappa shape index (κ2) is 3.76. The molecule has 0 spiro atoms. The quantitative estimate of drug-likeness (QED) is 0.740. The van der Waals surface area contributed by atoms with E-state index in [-0.39, 0.29) is 6.67 Å². The smallest absolute Gasteiger partial charge is 0.317 e. The predicted molar refractivity (Wildman–Crippen MR) is 44.4 cm³/mol. The largest absolute Gasteiger partial charge is 0.408 e. The van der Waals surface area contributed by atoms with Crippen LogP contribution < -0.4 is 5.32 Å². The zero-order chi connectivity index (χ0) is 10.9. The molecule has 0 aromatic carbocycles. The number of hydrogen-bond donors (Lipinski definition) is 1. The molecule has 0 bridgehead atoms. The Morgan fingerprint density at radius 3 is 2.57 bits per heavy atom. The van der Waals surface area contributed by atoms with Crippen LogP contribution in [-0.2, 0) is 4.79 Å². The molecule has 1 rings (SSSR count). The molecule has 1 aliphatic heterocycles. The maximum Gasteiger partial charge on any atom is 0.408 e. The van der Waals surface area contributed by atoms with E-state index in [0.29, 0.717) is 6.42 Å². The van der Waals surface area contributed by atoms with Crippen molar-refractivity contribution in [1.29, 1.82) is 0 Å². The van der Waals surface area contributed by atoms with Crippen LogP contribution in [0.4, 0.5) is 13.2 Å². The van der Waals surface area contributed by atoms with Gasteiger partial charge in [-0.05, 0) is 13.3 Å². The van der Waals surface area contributed by atoms with Gasteiger partial charge in [-0.1, -0.05) is 6.92 Å². The Morgan fingerprint density at radius 1 is 1.64 bits per heavy atom. The molecule has 1 amide bonds. The zero-order valence-corrected chi connectivity index (χ0v) is 8.06. The number of hydrogen-bond acceptors (Lipinski definition) is 2. The van der Waals surface area contributed by atoms with Gasteiger partial charge in [0, 0.05) is 0 Å². The van der Waals surface area contributed by atoms with E-state index in [0.717, 1.165) is 11.8 Å². The summed E-state index contributed by atoms with van der Waals surface area (Å²) in [5, 5.41) is 2.74. The van der Waals surface area contributed by atoms with Crippen LogP contribution >= 0.6 is 0 Å². The number of nitrogens with one attached hydrogen (secondary N) is 1. The lowest BCUT2D eigenvalue weighted by Gasteiger charge is -2.25. The summed E-state index contributed by atoms with van der Waals surface area (Å²) >= 11 is 0. The first kappa shape index (κ1) is 11.3. The van der Waals surface area contributed by atoms with Crippen molar-refractivity contribution < 1.29 is 18.0 Å². The molecule has 0 saturated carbocycles. The number of nitrogens with zero attached hydrogens (tertiary/aromatic N) is 1. The fourth-order valence-electron chi connectivity index (χ4n) is 1.40. The number of amides is 1. The molecule has 2 unspecified atom stereocenters. The molecule has 1 aliphatic rings. The second-order valence-electron chi connectivity index (χ2n) is 3.35. The fourth-order valence-corrected chi connectivity index (χ4v) is 1.40. The van der Waals surface area contributed by atoms with Gasteiger partial charge >= 0.3 is 6.18 Å². The zero-order valence-electron chi connectivity index (χ0n) is 8.06. The summed E-state index contributed by atoms with van der Waals surface area (Å²) in [6, 6.07) is -2.17. The van der Waals surface area contributed by atoms with Crippen LogP contribution in [0.1, 0.15) is 20.3 Å². The highest BCUT2D eigenvalue weighted by Crippen LogP contribution is 2.26. The molecule has 0 aromatic rings. The van der Waals surface area contributed by atoms with Crippen molar-refractivity contribution in [2.75, 3.05) is 6.67 Å². The highest BCUT2D eigenvalue weighted by atomic mass is 19.4. The molecule has 14 heavy (non-hydrogen) atoms. The minimum atomic E-state index is -4.35. The molecule has 3 nitrogen and oxygen atoms in total. The Bertz CT molecular complexity index is 229. The number of carbonyl (C=O) groups excluding carboxylic acids is 1. The maximum atomic E-state index is 12.3. The van der Waals surface area contributed by atoms with Crippen molar-refractivity contribution in [1.82, 2.24) is 10.2 Å². The SMILES string of the molecule is CCC1NCN(C(C)C(F)(F)F)C1=O. The molecule has 1 N–H and O–H groups in total. The van der Waals surface area contributed by atoms with Gasteiger partial charge in [0.25, 0.3) is 0 Å². The second-order valence-corrected chi connectivity index (χ2v) is 3.35. The van der Waals surface area contributed by atoms with Crippen LogP contribution in [0.5, 0.6) is 0 Å². The molecule has 1 heterocycles. The standard InChI is InChI=1S/C8H13F3N2O/c1-3-6-7(14)13(4-12-6)5(2)8(9,10)11/h5-6,12H,3-4H2,1-2H3. The number of halogens is 3. The van der Waals surface area contributed by atoms with E-state index < -0.39 is 24.2 Å². The van der Waals surface area contributed by atoms with Gasteiger partial charge in [-0.15, -0.1) is 0 Å². The van der Waals surface area contributed by atoms with Gasteiger partial charge in [-0.3, -0.25) is 10.1 Å². The van der Waals surface area contributed by atoms with Crippen LogP contribution in [-0.4, -0.2) is 35.7 Å². The highest BCUT2D eigenvalue weighted by molar-refractivity contribution is 5.84. The lowest BCUT2D eigenvalue weighted by atomic mass is 10.2. The first-order chi connectivity index (χ1) is 6.38. The average Bonchev–Trinajstić information content (AvgIpc) is 2.43. The Labute approximate surface area is 80.3 Å². The van der Waals surface area contributed by atoms with E-state index in [1.165, 1.54) is 0 Å². The van der Waals surface area contributed by atoms with Gasteiger partial charge in [-0.25, -0.2) is 0 Å². The van der Waals surface area contributed by atoms with Gasteiger partial charge < -0.3 is 4.90 Å². The summed E-state index contributed by atoms with van der Waals surface area (Å²) in [4.78, 5) is 12.2. The number of alkyl halides is 3. The van der Waals surface area contributed by atoms with Crippen LogP contribution in [0.15, 0.2) is 0 Å². The van der Waals surface area contributed by atoms with Gasteiger partial charge in [0.15, 0.2) is 0 Å². The van der Waals surface area contributed by atoms with E-state index in [1.54, 1.807) is 6.92 Å². The molecule has 6 heteroatoms. The minimum Gasteiger partial charge on any atom is -0.317 e. The molecule has 0 aromatic heterocycles. The molecular weight excluding hydrogens is 197 g/mol. The Hall–Kier alpha value is -0.780. The Kier molecular flexibility index (Phi) is 3.04. The van der Waals surface area contributed by atoms with E-state index in [2.05, 4.69) is 5.32 Å². The lowest BCUT2D eigenvalue weighted by Crippen LogP contribution is -2.45. The number of carbonyl (C=O) groups is 1. The summed E-state index contributed by atoms with van der Waals surface area (Å²) in [5.74, 6) is -0.461. The maximum absolute atomic E-state index is 12.3. The van der Waals surface area contributed by atoms with Gasteiger partial charge in [-0.2, -0.15) is 13.2 Å².